The lowest BCUT2D eigenvalue weighted by Crippen LogP contribution is -2.41. The van der Waals surface area contributed by atoms with E-state index in [1.165, 1.54) is 20.3 Å². The van der Waals surface area contributed by atoms with Crippen molar-refractivity contribution >= 4 is 17.5 Å². The molecular weight excluding hydrogens is 382 g/mol. The number of nitrogens with zero attached hydrogens (tertiary/aromatic N) is 1. The molecule has 1 aliphatic rings. The van der Waals surface area contributed by atoms with Crippen LogP contribution in [0.5, 0.6) is 11.5 Å². The van der Waals surface area contributed by atoms with Gasteiger partial charge in [0.1, 0.15) is 17.3 Å². The SMILES string of the molecule is COc1ccc(C(=O)N2CCC(C(=O)Nc3c(F)cccc3F)CC2)cc1OC. The van der Waals surface area contributed by atoms with E-state index < -0.39 is 29.1 Å². The van der Waals surface area contributed by atoms with Crippen LogP contribution < -0.4 is 14.8 Å². The number of carbonyl (C=O) groups excluding carboxylic acids is 2. The van der Waals surface area contributed by atoms with Crippen LogP contribution in [0.4, 0.5) is 14.5 Å². The first-order valence-electron chi connectivity index (χ1n) is 9.20. The fraction of sp³-hybridized carbons (Fsp3) is 0.333. The summed E-state index contributed by atoms with van der Waals surface area (Å²) in [6.07, 6.45) is 0.807. The summed E-state index contributed by atoms with van der Waals surface area (Å²) >= 11 is 0. The van der Waals surface area contributed by atoms with Gasteiger partial charge in [-0.15, -0.1) is 0 Å². The first-order valence-corrected chi connectivity index (χ1v) is 9.20. The van der Waals surface area contributed by atoms with E-state index in [-0.39, 0.29) is 5.91 Å². The van der Waals surface area contributed by atoms with Gasteiger partial charge in [0.15, 0.2) is 11.5 Å². The molecule has 0 aliphatic carbocycles. The summed E-state index contributed by atoms with van der Waals surface area (Å²) in [5.74, 6) is -1.71. The van der Waals surface area contributed by atoms with E-state index >= 15 is 0 Å². The second-order valence-electron chi connectivity index (χ2n) is 6.72. The zero-order chi connectivity index (χ0) is 21.0. The molecule has 29 heavy (non-hydrogen) atoms. The number of ether oxygens (including phenoxy) is 2. The molecule has 1 heterocycles. The zero-order valence-corrected chi connectivity index (χ0v) is 16.2. The number of nitrogens with one attached hydrogen (secondary N) is 1. The Morgan fingerprint density at radius 2 is 1.62 bits per heavy atom. The molecule has 0 aromatic heterocycles. The summed E-state index contributed by atoms with van der Waals surface area (Å²) in [5, 5.41) is 2.33. The summed E-state index contributed by atoms with van der Waals surface area (Å²) in [7, 11) is 3.01. The summed E-state index contributed by atoms with van der Waals surface area (Å²) in [6.45, 7) is 0.732. The number of anilines is 1. The van der Waals surface area contributed by atoms with Crippen LogP contribution in [0, 0.1) is 17.6 Å². The number of methoxy groups -OCH3 is 2. The van der Waals surface area contributed by atoms with Crippen molar-refractivity contribution in [2.24, 2.45) is 5.92 Å². The molecule has 8 heteroatoms. The maximum atomic E-state index is 13.7. The Balaban J connectivity index is 1.61. The quantitative estimate of drug-likeness (QED) is 0.829. The molecule has 0 saturated carbocycles. The van der Waals surface area contributed by atoms with Crippen LogP contribution in [0.1, 0.15) is 23.2 Å². The fourth-order valence-corrected chi connectivity index (χ4v) is 3.34. The van der Waals surface area contributed by atoms with Crippen LogP contribution in [0.2, 0.25) is 0 Å². The summed E-state index contributed by atoms with van der Waals surface area (Å²) in [5.41, 5.74) is 0.0142. The first kappa shape index (κ1) is 20.6. The van der Waals surface area contributed by atoms with Crippen molar-refractivity contribution in [3.63, 3.8) is 0 Å². The van der Waals surface area contributed by atoms with Crippen LogP contribution in [0.3, 0.4) is 0 Å². The third-order valence-corrected chi connectivity index (χ3v) is 4.99. The average Bonchev–Trinajstić information content (AvgIpc) is 2.75. The number of amides is 2. The predicted octanol–water partition coefficient (Wildman–Crippen LogP) is 3.47. The number of halogens is 2. The van der Waals surface area contributed by atoms with Gasteiger partial charge in [0.25, 0.3) is 5.91 Å². The van der Waals surface area contributed by atoms with E-state index in [0.29, 0.717) is 43.0 Å². The molecule has 0 spiro atoms. The van der Waals surface area contributed by atoms with E-state index in [1.54, 1.807) is 23.1 Å². The van der Waals surface area contributed by atoms with Gasteiger partial charge in [-0.2, -0.15) is 0 Å². The maximum absolute atomic E-state index is 13.7. The molecule has 1 saturated heterocycles. The Bertz CT molecular complexity index is 891. The van der Waals surface area contributed by atoms with Gasteiger partial charge >= 0.3 is 0 Å². The highest BCUT2D eigenvalue weighted by Gasteiger charge is 2.29. The van der Waals surface area contributed by atoms with Crippen molar-refractivity contribution < 1.29 is 27.8 Å². The van der Waals surface area contributed by atoms with Crippen LogP contribution in [-0.4, -0.2) is 44.0 Å². The molecule has 1 fully saturated rings. The van der Waals surface area contributed by atoms with Crippen LogP contribution in [0.15, 0.2) is 36.4 Å². The number of piperidine rings is 1. The van der Waals surface area contributed by atoms with Gasteiger partial charge in [-0.25, -0.2) is 8.78 Å². The van der Waals surface area contributed by atoms with Crippen molar-refractivity contribution in [2.45, 2.75) is 12.8 Å². The molecule has 0 radical (unpaired) electrons. The van der Waals surface area contributed by atoms with Gasteiger partial charge in [-0.3, -0.25) is 9.59 Å². The van der Waals surface area contributed by atoms with Gasteiger partial charge in [-0.05, 0) is 43.2 Å². The Labute approximate surface area is 167 Å². The fourth-order valence-electron chi connectivity index (χ4n) is 3.34. The monoisotopic (exact) mass is 404 g/mol. The lowest BCUT2D eigenvalue weighted by molar-refractivity contribution is -0.121. The molecule has 2 aromatic carbocycles. The molecule has 2 amide bonds. The number of carbonyl (C=O) groups is 2. The highest BCUT2D eigenvalue weighted by molar-refractivity contribution is 5.96. The maximum Gasteiger partial charge on any atom is 0.253 e. The van der Waals surface area contributed by atoms with Crippen molar-refractivity contribution in [2.75, 3.05) is 32.6 Å². The van der Waals surface area contributed by atoms with Crippen LogP contribution in [0.25, 0.3) is 0 Å². The van der Waals surface area contributed by atoms with Gasteiger partial charge in [0.05, 0.1) is 14.2 Å². The zero-order valence-electron chi connectivity index (χ0n) is 16.2. The molecular formula is C21H22F2N2O4. The summed E-state index contributed by atoms with van der Waals surface area (Å²) < 4.78 is 37.8. The number of benzene rings is 2. The number of hydrogen-bond donors (Lipinski definition) is 1. The standard InChI is InChI=1S/C21H22F2N2O4/c1-28-17-7-6-14(12-18(17)29-2)21(27)25-10-8-13(9-11-25)20(26)24-19-15(22)4-3-5-16(19)23/h3-7,12-13H,8-11H2,1-2H3,(H,24,26). The van der Waals surface area contributed by atoms with Crippen molar-refractivity contribution in [1.29, 1.82) is 0 Å². The van der Waals surface area contributed by atoms with Gasteiger partial charge < -0.3 is 19.7 Å². The number of rotatable bonds is 5. The van der Waals surface area contributed by atoms with E-state index in [2.05, 4.69) is 5.32 Å². The first-order chi connectivity index (χ1) is 13.9. The summed E-state index contributed by atoms with van der Waals surface area (Å²) in [4.78, 5) is 26.8. The van der Waals surface area contributed by atoms with Crippen molar-refractivity contribution in [3.8, 4) is 11.5 Å². The molecule has 6 nitrogen and oxygen atoms in total. The smallest absolute Gasteiger partial charge is 0.253 e. The molecule has 3 rings (SSSR count). The molecule has 2 aromatic rings. The number of likely N-dealkylation sites (tertiary alicyclic amines) is 1. The minimum atomic E-state index is -0.820. The van der Waals surface area contributed by atoms with Crippen molar-refractivity contribution in [3.05, 3.63) is 53.6 Å². The van der Waals surface area contributed by atoms with Crippen molar-refractivity contribution in [1.82, 2.24) is 4.90 Å². The lowest BCUT2D eigenvalue weighted by atomic mass is 9.95. The molecule has 0 unspecified atom stereocenters. The second-order valence-corrected chi connectivity index (χ2v) is 6.72. The molecule has 0 atom stereocenters. The largest absolute Gasteiger partial charge is 0.493 e. The molecule has 0 bridgehead atoms. The minimum absolute atomic E-state index is 0.176. The highest BCUT2D eigenvalue weighted by atomic mass is 19.1. The Morgan fingerprint density at radius 3 is 2.21 bits per heavy atom. The Kier molecular flexibility index (Phi) is 6.31. The topological polar surface area (TPSA) is 67.9 Å². The highest BCUT2D eigenvalue weighted by Crippen LogP contribution is 2.29. The normalized spacial score (nSPS) is 14.4. The Hall–Kier alpha value is -3.16. The third kappa shape index (κ3) is 4.47. The van der Waals surface area contributed by atoms with E-state index in [4.69, 9.17) is 9.47 Å². The van der Waals surface area contributed by atoms with Crippen LogP contribution in [-0.2, 0) is 4.79 Å². The lowest BCUT2D eigenvalue weighted by Gasteiger charge is -2.31. The average molecular weight is 404 g/mol. The third-order valence-electron chi connectivity index (χ3n) is 4.99. The predicted molar refractivity (Wildman–Crippen MR) is 103 cm³/mol. The second kappa shape index (κ2) is 8.89. The van der Waals surface area contributed by atoms with E-state index in [1.807, 2.05) is 0 Å². The molecule has 154 valence electrons. The number of hydrogen-bond acceptors (Lipinski definition) is 4. The van der Waals surface area contributed by atoms with Gasteiger partial charge in [-0.1, -0.05) is 6.07 Å². The molecule has 1 aliphatic heterocycles. The van der Waals surface area contributed by atoms with E-state index in [0.717, 1.165) is 12.1 Å². The van der Waals surface area contributed by atoms with E-state index in [9.17, 15) is 18.4 Å². The molecule has 1 N–H and O–H groups in total. The van der Waals surface area contributed by atoms with Crippen LogP contribution >= 0.6 is 0 Å². The Morgan fingerprint density at radius 1 is 1.00 bits per heavy atom. The summed E-state index contributed by atoms with van der Waals surface area (Å²) in [6, 6.07) is 8.34. The number of para-hydroxylation sites is 1. The van der Waals surface area contributed by atoms with Gasteiger partial charge in [0.2, 0.25) is 5.91 Å². The minimum Gasteiger partial charge on any atom is -0.493 e. The van der Waals surface area contributed by atoms with Gasteiger partial charge in [0, 0.05) is 24.6 Å².